The van der Waals surface area contributed by atoms with Gasteiger partial charge in [-0.05, 0) is 37.3 Å². The summed E-state index contributed by atoms with van der Waals surface area (Å²) in [7, 11) is 0. The monoisotopic (exact) mass is 350 g/mol. The third-order valence-corrected chi connectivity index (χ3v) is 3.44. The highest BCUT2D eigenvalue weighted by molar-refractivity contribution is 6.06. The summed E-state index contributed by atoms with van der Waals surface area (Å²) in [6.45, 7) is 2.54. The van der Waals surface area contributed by atoms with Crippen molar-refractivity contribution in [3.63, 3.8) is 0 Å². The van der Waals surface area contributed by atoms with E-state index in [2.05, 4.69) is 20.4 Å². The van der Waals surface area contributed by atoms with E-state index in [9.17, 15) is 18.0 Å². The van der Waals surface area contributed by atoms with Crippen molar-refractivity contribution in [2.45, 2.75) is 19.8 Å². The van der Waals surface area contributed by atoms with Crippen LogP contribution in [0.3, 0.4) is 0 Å². The molecule has 0 bridgehead atoms. The number of halogens is 3. The van der Waals surface area contributed by atoms with Crippen LogP contribution in [0.15, 0.2) is 42.5 Å². The Morgan fingerprint density at radius 1 is 1.24 bits per heavy atom. The molecule has 0 unspecified atom stereocenters. The van der Waals surface area contributed by atoms with E-state index in [1.807, 2.05) is 6.92 Å². The molecule has 1 heterocycles. The minimum absolute atomic E-state index is 0.0814. The molecule has 1 N–H and O–H groups in total. The zero-order chi connectivity index (χ0) is 18.0. The van der Waals surface area contributed by atoms with Crippen LogP contribution in [0.25, 0.3) is 11.0 Å². The fourth-order valence-electron chi connectivity index (χ4n) is 2.33. The predicted octanol–water partition coefficient (Wildman–Crippen LogP) is 3.60. The lowest BCUT2D eigenvalue weighted by molar-refractivity contribution is -0.274. The van der Waals surface area contributed by atoms with Crippen LogP contribution in [-0.2, 0) is 6.54 Å². The molecule has 1 amide bonds. The van der Waals surface area contributed by atoms with E-state index in [1.54, 1.807) is 16.8 Å². The minimum atomic E-state index is -4.85. The third kappa shape index (κ3) is 3.70. The zero-order valence-corrected chi connectivity index (χ0v) is 13.0. The molecule has 6 nitrogen and oxygen atoms in total. The standard InChI is InChI=1S/C16H13F3N4O2/c1-2-23-13-8-7-10(9-12(13)21-22-23)15(24)20-11-5-3-4-6-14(11)25-16(17,18)19/h3-9H,2H2,1H3,(H,20,24). The van der Waals surface area contributed by atoms with E-state index in [0.29, 0.717) is 12.1 Å². The van der Waals surface area contributed by atoms with Crippen LogP contribution in [0.4, 0.5) is 18.9 Å². The molecule has 130 valence electrons. The first-order chi connectivity index (χ1) is 11.9. The van der Waals surface area contributed by atoms with Gasteiger partial charge in [-0.25, -0.2) is 4.68 Å². The summed E-state index contributed by atoms with van der Waals surface area (Å²) in [6.07, 6.45) is -4.85. The molecule has 0 aliphatic heterocycles. The number of para-hydroxylation sites is 2. The Balaban J connectivity index is 1.85. The maximum Gasteiger partial charge on any atom is 0.573 e. The Bertz CT molecular complexity index is 921. The number of carbonyl (C=O) groups excluding carboxylic acids is 1. The maximum atomic E-state index is 12.4. The van der Waals surface area contributed by atoms with Gasteiger partial charge >= 0.3 is 6.36 Å². The van der Waals surface area contributed by atoms with Crippen LogP contribution in [0.1, 0.15) is 17.3 Å². The number of nitrogens with one attached hydrogen (secondary N) is 1. The highest BCUT2D eigenvalue weighted by Crippen LogP contribution is 2.30. The Morgan fingerprint density at radius 3 is 2.72 bits per heavy atom. The van der Waals surface area contributed by atoms with Crippen LogP contribution in [0.2, 0.25) is 0 Å². The van der Waals surface area contributed by atoms with Gasteiger partial charge in [-0.1, -0.05) is 17.3 Å². The SMILES string of the molecule is CCn1nnc2cc(C(=O)Nc3ccccc3OC(F)(F)F)ccc21. The van der Waals surface area contributed by atoms with Gasteiger partial charge in [0.25, 0.3) is 5.91 Å². The van der Waals surface area contributed by atoms with Gasteiger partial charge in [-0.15, -0.1) is 18.3 Å². The van der Waals surface area contributed by atoms with E-state index in [4.69, 9.17) is 0 Å². The first kappa shape index (κ1) is 16.7. The van der Waals surface area contributed by atoms with Gasteiger partial charge in [0.2, 0.25) is 0 Å². The van der Waals surface area contributed by atoms with E-state index in [-0.39, 0.29) is 11.3 Å². The number of nitrogens with zero attached hydrogens (tertiary/aromatic N) is 3. The summed E-state index contributed by atoms with van der Waals surface area (Å²) in [6, 6.07) is 10.1. The first-order valence-electron chi connectivity index (χ1n) is 7.37. The first-order valence-corrected chi connectivity index (χ1v) is 7.37. The van der Waals surface area contributed by atoms with Crippen molar-refractivity contribution < 1.29 is 22.7 Å². The number of hydrogen-bond acceptors (Lipinski definition) is 4. The summed E-state index contributed by atoms with van der Waals surface area (Å²) >= 11 is 0. The molecule has 0 radical (unpaired) electrons. The normalized spacial score (nSPS) is 11.5. The number of hydrogen-bond donors (Lipinski definition) is 1. The summed E-state index contributed by atoms with van der Waals surface area (Å²) in [5.41, 5.74) is 1.45. The molecule has 0 fully saturated rings. The Morgan fingerprint density at radius 2 is 2.00 bits per heavy atom. The van der Waals surface area contributed by atoms with Crippen molar-refractivity contribution in [3.8, 4) is 5.75 Å². The van der Waals surface area contributed by atoms with Crippen LogP contribution in [0, 0.1) is 0 Å². The van der Waals surface area contributed by atoms with E-state index < -0.39 is 18.0 Å². The fourth-order valence-corrected chi connectivity index (χ4v) is 2.33. The largest absolute Gasteiger partial charge is 0.573 e. The second kappa shape index (κ2) is 6.42. The number of ether oxygens (including phenoxy) is 1. The molecule has 25 heavy (non-hydrogen) atoms. The average Bonchev–Trinajstić information content (AvgIpc) is 2.97. The molecule has 9 heteroatoms. The van der Waals surface area contributed by atoms with Gasteiger partial charge in [0, 0.05) is 12.1 Å². The molecule has 0 aliphatic carbocycles. The van der Waals surface area contributed by atoms with Crippen LogP contribution >= 0.6 is 0 Å². The molecule has 1 aromatic heterocycles. The number of fused-ring (bicyclic) bond motifs is 1. The van der Waals surface area contributed by atoms with Crippen molar-refractivity contribution >= 4 is 22.6 Å². The lowest BCUT2D eigenvalue weighted by Crippen LogP contribution is -2.19. The number of benzene rings is 2. The zero-order valence-electron chi connectivity index (χ0n) is 13.0. The van der Waals surface area contributed by atoms with Gasteiger partial charge in [0.05, 0.1) is 11.2 Å². The molecule has 0 saturated heterocycles. The van der Waals surface area contributed by atoms with E-state index >= 15 is 0 Å². The molecular weight excluding hydrogens is 337 g/mol. The minimum Gasteiger partial charge on any atom is -0.404 e. The van der Waals surface area contributed by atoms with E-state index in [1.165, 1.54) is 24.3 Å². The topological polar surface area (TPSA) is 69.0 Å². The lowest BCUT2D eigenvalue weighted by atomic mass is 10.1. The molecule has 0 aliphatic rings. The second-order valence-electron chi connectivity index (χ2n) is 5.11. The maximum absolute atomic E-state index is 12.4. The molecule has 0 spiro atoms. The number of alkyl halides is 3. The number of amides is 1. The van der Waals surface area contributed by atoms with Crippen molar-refractivity contribution in [1.82, 2.24) is 15.0 Å². The van der Waals surface area contributed by atoms with Crippen LogP contribution < -0.4 is 10.1 Å². The number of carbonyl (C=O) groups is 1. The van der Waals surface area contributed by atoms with Crippen LogP contribution in [0.5, 0.6) is 5.75 Å². The van der Waals surface area contributed by atoms with E-state index in [0.717, 1.165) is 11.6 Å². The summed E-state index contributed by atoms with van der Waals surface area (Å²) < 4.78 is 42.9. The highest BCUT2D eigenvalue weighted by Gasteiger charge is 2.32. The second-order valence-corrected chi connectivity index (χ2v) is 5.11. The molecule has 0 saturated carbocycles. The van der Waals surface area contributed by atoms with Gasteiger partial charge in [0.15, 0.2) is 5.75 Å². The summed E-state index contributed by atoms with van der Waals surface area (Å²) in [5, 5.41) is 10.3. The number of anilines is 1. The van der Waals surface area contributed by atoms with Gasteiger partial charge in [-0.3, -0.25) is 4.79 Å². The predicted molar refractivity (Wildman–Crippen MR) is 84.3 cm³/mol. The average molecular weight is 350 g/mol. The summed E-state index contributed by atoms with van der Waals surface area (Å²) in [5.74, 6) is -1.06. The fraction of sp³-hybridized carbons (Fsp3) is 0.188. The molecule has 0 atom stereocenters. The molecular formula is C16H13F3N4O2. The van der Waals surface area contributed by atoms with Gasteiger partial charge < -0.3 is 10.1 Å². The van der Waals surface area contributed by atoms with Gasteiger partial charge in [-0.2, -0.15) is 0 Å². The number of aryl methyl sites for hydroxylation is 1. The number of rotatable bonds is 4. The Hall–Kier alpha value is -3.10. The van der Waals surface area contributed by atoms with Crippen molar-refractivity contribution in [3.05, 3.63) is 48.0 Å². The summed E-state index contributed by atoms with van der Waals surface area (Å²) in [4.78, 5) is 12.3. The van der Waals surface area contributed by atoms with Crippen LogP contribution in [-0.4, -0.2) is 27.3 Å². The third-order valence-electron chi connectivity index (χ3n) is 3.44. The Kier molecular flexibility index (Phi) is 4.30. The Labute approximate surface area is 140 Å². The number of aromatic nitrogens is 3. The smallest absolute Gasteiger partial charge is 0.404 e. The van der Waals surface area contributed by atoms with Crippen molar-refractivity contribution in [2.75, 3.05) is 5.32 Å². The molecule has 2 aromatic carbocycles. The molecule has 3 rings (SSSR count). The molecule has 3 aromatic rings. The van der Waals surface area contributed by atoms with Gasteiger partial charge in [0.1, 0.15) is 5.52 Å². The quantitative estimate of drug-likeness (QED) is 0.781. The highest BCUT2D eigenvalue weighted by atomic mass is 19.4. The van der Waals surface area contributed by atoms with Crippen molar-refractivity contribution in [2.24, 2.45) is 0 Å². The van der Waals surface area contributed by atoms with Crippen molar-refractivity contribution in [1.29, 1.82) is 0 Å². The lowest BCUT2D eigenvalue weighted by Gasteiger charge is -2.13.